The Kier molecular flexibility index (Phi) is 3.08. The first-order valence-corrected chi connectivity index (χ1v) is 5.87. The molecule has 0 unspecified atom stereocenters. The molecule has 0 bridgehead atoms. The van der Waals surface area contributed by atoms with Gasteiger partial charge in [0.15, 0.2) is 23.3 Å². The van der Waals surface area contributed by atoms with Crippen LogP contribution >= 0.6 is 0 Å². The summed E-state index contributed by atoms with van der Waals surface area (Å²) in [6, 6.07) is 8.00. The number of hydrogen-bond acceptors (Lipinski definition) is 1. The van der Waals surface area contributed by atoms with Crippen LogP contribution in [0.3, 0.4) is 0 Å². The third kappa shape index (κ3) is 2.03. The number of hydrogen-bond donors (Lipinski definition) is 0. The molecular weight excluding hydrogens is 289 g/mol. The molecule has 0 amide bonds. The van der Waals surface area contributed by atoms with Crippen molar-refractivity contribution in [3.05, 3.63) is 65.6 Å². The molecule has 3 aromatic rings. The summed E-state index contributed by atoms with van der Waals surface area (Å²) in [6.45, 7) is 0. The fourth-order valence-corrected chi connectivity index (χ4v) is 2.07. The molecule has 3 rings (SSSR count). The van der Waals surface area contributed by atoms with Crippen LogP contribution in [-0.4, -0.2) is 4.98 Å². The second-order valence-corrected chi connectivity index (χ2v) is 4.36. The predicted molar refractivity (Wildman–Crippen MR) is 67.0 cm³/mol. The first-order valence-electron chi connectivity index (χ1n) is 5.87. The Morgan fingerprint density at radius 2 is 1.29 bits per heavy atom. The lowest BCUT2D eigenvalue weighted by molar-refractivity contribution is 0.381. The molecular formula is C15H6F5N. The zero-order chi connectivity index (χ0) is 15.1. The molecule has 0 aliphatic rings. The summed E-state index contributed by atoms with van der Waals surface area (Å²) < 4.78 is 66.9. The second-order valence-electron chi connectivity index (χ2n) is 4.36. The van der Waals surface area contributed by atoms with Crippen LogP contribution in [0, 0.1) is 29.1 Å². The molecule has 0 aliphatic carbocycles. The van der Waals surface area contributed by atoms with E-state index in [1.54, 1.807) is 24.3 Å². The zero-order valence-corrected chi connectivity index (χ0v) is 10.3. The van der Waals surface area contributed by atoms with E-state index in [-0.39, 0.29) is 5.56 Å². The fraction of sp³-hybridized carbons (Fsp3) is 0. The minimum absolute atomic E-state index is 0.179. The quantitative estimate of drug-likeness (QED) is 0.363. The highest BCUT2D eigenvalue weighted by Gasteiger charge is 2.26. The molecule has 1 aromatic heterocycles. The van der Waals surface area contributed by atoms with Gasteiger partial charge < -0.3 is 0 Å². The highest BCUT2D eigenvalue weighted by atomic mass is 19.2. The van der Waals surface area contributed by atoms with Crippen molar-refractivity contribution in [2.75, 3.05) is 0 Å². The number of pyridine rings is 1. The van der Waals surface area contributed by atoms with Crippen molar-refractivity contribution in [1.29, 1.82) is 0 Å². The maximum Gasteiger partial charge on any atom is 0.200 e. The number of nitrogens with zero attached hydrogens (tertiary/aromatic N) is 1. The summed E-state index contributed by atoms with van der Waals surface area (Å²) in [6.07, 6.45) is 1.07. The van der Waals surface area contributed by atoms with Gasteiger partial charge in [-0.1, -0.05) is 18.2 Å². The van der Waals surface area contributed by atoms with Crippen molar-refractivity contribution < 1.29 is 22.0 Å². The van der Waals surface area contributed by atoms with Crippen molar-refractivity contribution in [1.82, 2.24) is 4.98 Å². The van der Waals surface area contributed by atoms with Gasteiger partial charge in [-0.15, -0.1) is 0 Å². The SMILES string of the molecule is Fc1c(F)c(F)c(-c2cnc3ccccc3c2)c(F)c1F. The average molecular weight is 295 g/mol. The summed E-state index contributed by atoms with van der Waals surface area (Å²) in [7, 11) is 0. The largest absolute Gasteiger partial charge is 0.256 e. The van der Waals surface area contributed by atoms with Gasteiger partial charge in [0.2, 0.25) is 5.82 Å². The van der Waals surface area contributed by atoms with Crippen LogP contribution in [0.15, 0.2) is 36.5 Å². The Hall–Kier alpha value is -2.50. The summed E-state index contributed by atoms with van der Waals surface area (Å²) in [5.41, 5.74) is -0.615. The van der Waals surface area contributed by atoms with Gasteiger partial charge in [0.1, 0.15) is 0 Å². The van der Waals surface area contributed by atoms with E-state index >= 15 is 0 Å². The molecule has 1 heterocycles. The zero-order valence-electron chi connectivity index (χ0n) is 10.3. The lowest BCUT2D eigenvalue weighted by Crippen LogP contribution is -2.04. The van der Waals surface area contributed by atoms with Gasteiger partial charge in [0.05, 0.1) is 11.1 Å². The van der Waals surface area contributed by atoms with Crippen molar-refractivity contribution in [3.63, 3.8) is 0 Å². The molecule has 106 valence electrons. The Morgan fingerprint density at radius 3 is 1.95 bits per heavy atom. The molecule has 0 atom stereocenters. The van der Waals surface area contributed by atoms with Gasteiger partial charge in [-0.2, -0.15) is 0 Å². The number of benzene rings is 2. The molecule has 0 spiro atoms. The van der Waals surface area contributed by atoms with Crippen molar-refractivity contribution in [2.45, 2.75) is 0 Å². The molecule has 0 aliphatic heterocycles. The van der Waals surface area contributed by atoms with E-state index in [1.165, 1.54) is 6.07 Å². The molecule has 21 heavy (non-hydrogen) atoms. The van der Waals surface area contributed by atoms with E-state index in [4.69, 9.17) is 0 Å². The van der Waals surface area contributed by atoms with Gasteiger partial charge in [0.25, 0.3) is 0 Å². The molecule has 0 radical (unpaired) electrons. The summed E-state index contributed by atoms with van der Waals surface area (Å²) >= 11 is 0. The lowest BCUT2D eigenvalue weighted by Gasteiger charge is -2.09. The predicted octanol–water partition coefficient (Wildman–Crippen LogP) is 4.60. The number of aromatic nitrogens is 1. The minimum Gasteiger partial charge on any atom is -0.256 e. The van der Waals surface area contributed by atoms with Crippen LogP contribution in [0.25, 0.3) is 22.0 Å². The summed E-state index contributed by atoms with van der Waals surface area (Å²) in [4.78, 5) is 3.95. The highest BCUT2D eigenvalue weighted by Crippen LogP contribution is 2.32. The van der Waals surface area contributed by atoms with Gasteiger partial charge in [-0.05, 0) is 12.1 Å². The highest BCUT2D eigenvalue weighted by molar-refractivity contribution is 5.83. The summed E-state index contributed by atoms with van der Waals surface area (Å²) in [5, 5.41) is 0.527. The number of rotatable bonds is 1. The first-order chi connectivity index (χ1) is 10.0. The molecule has 0 N–H and O–H groups in total. The standard InChI is InChI=1S/C15H6F5N/c16-11-10(12(17)14(19)15(20)13(11)18)8-5-7-3-1-2-4-9(7)21-6-8/h1-6H. The molecule has 0 saturated carbocycles. The Labute approximate surface area is 115 Å². The smallest absolute Gasteiger partial charge is 0.200 e. The number of fused-ring (bicyclic) bond motifs is 1. The molecule has 2 aromatic carbocycles. The third-order valence-electron chi connectivity index (χ3n) is 3.09. The monoisotopic (exact) mass is 295 g/mol. The van der Waals surface area contributed by atoms with Gasteiger partial charge >= 0.3 is 0 Å². The van der Waals surface area contributed by atoms with Crippen LogP contribution in [0.4, 0.5) is 22.0 Å². The molecule has 0 fully saturated rings. The Balaban J connectivity index is 2.32. The van der Waals surface area contributed by atoms with E-state index in [9.17, 15) is 22.0 Å². The number of halogens is 5. The maximum atomic E-state index is 13.7. The van der Waals surface area contributed by atoms with Gasteiger partial charge in [-0.25, -0.2) is 22.0 Å². The third-order valence-corrected chi connectivity index (χ3v) is 3.09. The van der Waals surface area contributed by atoms with E-state index in [1.807, 2.05) is 0 Å². The maximum absolute atomic E-state index is 13.7. The fourth-order valence-electron chi connectivity index (χ4n) is 2.07. The van der Waals surface area contributed by atoms with E-state index < -0.39 is 34.6 Å². The molecule has 1 nitrogen and oxygen atoms in total. The van der Waals surface area contributed by atoms with Gasteiger partial charge in [0, 0.05) is 17.1 Å². The second kappa shape index (κ2) is 4.80. The van der Waals surface area contributed by atoms with Crippen molar-refractivity contribution in [3.8, 4) is 11.1 Å². The topological polar surface area (TPSA) is 12.9 Å². The molecule has 6 heteroatoms. The first kappa shape index (κ1) is 13.5. The minimum atomic E-state index is -2.18. The molecule has 0 saturated heterocycles. The van der Waals surface area contributed by atoms with E-state index in [0.29, 0.717) is 10.9 Å². The average Bonchev–Trinajstić information content (AvgIpc) is 2.51. The Morgan fingerprint density at radius 1 is 0.714 bits per heavy atom. The van der Waals surface area contributed by atoms with Crippen LogP contribution in [-0.2, 0) is 0 Å². The number of para-hydroxylation sites is 1. The van der Waals surface area contributed by atoms with E-state index in [0.717, 1.165) is 6.20 Å². The van der Waals surface area contributed by atoms with Crippen LogP contribution in [0.5, 0.6) is 0 Å². The Bertz CT molecular complexity index is 831. The van der Waals surface area contributed by atoms with E-state index in [2.05, 4.69) is 4.98 Å². The van der Waals surface area contributed by atoms with Crippen LogP contribution in [0.1, 0.15) is 0 Å². The summed E-state index contributed by atoms with van der Waals surface area (Å²) in [5.74, 6) is -9.87. The van der Waals surface area contributed by atoms with Gasteiger partial charge in [-0.3, -0.25) is 4.98 Å². The van der Waals surface area contributed by atoms with Crippen molar-refractivity contribution in [2.24, 2.45) is 0 Å². The normalized spacial score (nSPS) is 11.1. The van der Waals surface area contributed by atoms with Crippen LogP contribution < -0.4 is 0 Å². The van der Waals surface area contributed by atoms with Crippen LogP contribution in [0.2, 0.25) is 0 Å². The lowest BCUT2D eigenvalue weighted by atomic mass is 10.0. The van der Waals surface area contributed by atoms with Crippen molar-refractivity contribution >= 4 is 10.9 Å².